The highest BCUT2D eigenvalue weighted by atomic mass is 19.3. The van der Waals surface area contributed by atoms with Crippen molar-refractivity contribution < 1.29 is 32.6 Å². The molecule has 7 heteroatoms. The zero-order valence-electron chi connectivity index (χ0n) is 14.4. The summed E-state index contributed by atoms with van der Waals surface area (Å²) in [4.78, 5) is 25.1. The first-order valence-electron chi connectivity index (χ1n) is 7.43. The fourth-order valence-corrected chi connectivity index (χ4v) is 2.17. The Morgan fingerprint density at radius 3 is 2.17 bits per heavy atom. The van der Waals surface area contributed by atoms with Crippen LogP contribution in [-0.2, 0) is 24.5 Å². The maximum atomic E-state index is 14.1. The van der Waals surface area contributed by atoms with E-state index < -0.39 is 29.4 Å². The molecule has 1 unspecified atom stereocenters. The van der Waals surface area contributed by atoms with E-state index in [-0.39, 0.29) is 17.9 Å². The molecule has 0 radical (unpaired) electrons. The van der Waals surface area contributed by atoms with Gasteiger partial charge < -0.3 is 14.2 Å². The predicted molar refractivity (Wildman–Crippen MR) is 83.2 cm³/mol. The number of alkyl halides is 2. The van der Waals surface area contributed by atoms with Crippen molar-refractivity contribution in [2.75, 3.05) is 13.7 Å². The summed E-state index contributed by atoms with van der Waals surface area (Å²) in [6.45, 7) is 5.87. The smallest absolute Gasteiger partial charge is 0.334 e. The van der Waals surface area contributed by atoms with Crippen LogP contribution in [0.1, 0.15) is 33.3 Å². The van der Waals surface area contributed by atoms with Gasteiger partial charge in [-0.25, -0.2) is 8.78 Å². The zero-order valence-corrected chi connectivity index (χ0v) is 14.4. The molecule has 0 amide bonds. The number of esters is 2. The minimum absolute atomic E-state index is 0.0308. The Balaban J connectivity index is 3.65. The van der Waals surface area contributed by atoms with Gasteiger partial charge in [-0.3, -0.25) is 9.59 Å². The average Bonchev–Trinajstić information content (AvgIpc) is 2.46. The molecule has 134 valence electrons. The van der Waals surface area contributed by atoms with E-state index >= 15 is 0 Å². The maximum absolute atomic E-state index is 14.1. The van der Waals surface area contributed by atoms with Crippen molar-refractivity contribution in [3.05, 3.63) is 29.8 Å². The molecular formula is C17H22F2O5. The van der Waals surface area contributed by atoms with Gasteiger partial charge in [0.15, 0.2) is 0 Å². The number of methoxy groups -OCH3 is 1. The standard InChI is InChI=1S/C17H22F2O5/c1-6-23-14(20)17(13(18)19,15(21)24-16(2,3)4)11-9-7-8-10-12(11)22-5/h7-10,13H,6H2,1-5H3. The number of carbonyl (C=O) groups is 2. The Labute approximate surface area is 139 Å². The lowest BCUT2D eigenvalue weighted by Gasteiger charge is -2.32. The van der Waals surface area contributed by atoms with Gasteiger partial charge in [-0.1, -0.05) is 18.2 Å². The molecule has 0 aliphatic heterocycles. The van der Waals surface area contributed by atoms with Gasteiger partial charge in [-0.15, -0.1) is 0 Å². The normalized spacial score (nSPS) is 14.0. The number of halogens is 2. The Morgan fingerprint density at radius 2 is 1.71 bits per heavy atom. The molecule has 0 aliphatic carbocycles. The Hall–Kier alpha value is -2.18. The number of carbonyl (C=O) groups excluding carboxylic acids is 2. The molecule has 0 spiro atoms. The monoisotopic (exact) mass is 344 g/mol. The molecule has 24 heavy (non-hydrogen) atoms. The van der Waals surface area contributed by atoms with Crippen LogP contribution in [0.2, 0.25) is 0 Å². The topological polar surface area (TPSA) is 61.8 Å². The minimum Gasteiger partial charge on any atom is -0.496 e. The zero-order chi connectivity index (χ0) is 18.5. The molecule has 0 fully saturated rings. The highest BCUT2D eigenvalue weighted by Crippen LogP contribution is 2.40. The number of ether oxygens (including phenoxy) is 3. The van der Waals surface area contributed by atoms with Crippen molar-refractivity contribution in [2.24, 2.45) is 0 Å². The van der Waals surface area contributed by atoms with Gasteiger partial charge in [0, 0.05) is 5.56 Å². The van der Waals surface area contributed by atoms with Crippen LogP contribution in [0.4, 0.5) is 8.78 Å². The molecule has 1 aromatic rings. The lowest BCUT2D eigenvalue weighted by atomic mass is 9.79. The molecule has 0 aromatic heterocycles. The van der Waals surface area contributed by atoms with Gasteiger partial charge in [-0.2, -0.15) is 0 Å². The lowest BCUT2D eigenvalue weighted by molar-refractivity contribution is -0.180. The van der Waals surface area contributed by atoms with Crippen LogP contribution in [0.25, 0.3) is 0 Å². The second-order valence-electron chi connectivity index (χ2n) is 6.03. The molecule has 0 bridgehead atoms. The van der Waals surface area contributed by atoms with Gasteiger partial charge in [0.1, 0.15) is 11.4 Å². The van der Waals surface area contributed by atoms with E-state index in [2.05, 4.69) is 0 Å². The van der Waals surface area contributed by atoms with E-state index in [0.717, 1.165) is 0 Å². The fraction of sp³-hybridized carbons (Fsp3) is 0.529. The molecule has 1 rings (SSSR count). The number of hydrogen-bond donors (Lipinski definition) is 0. The van der Waals surface area contributed by atoms with Gasteiger partial charge in [-0.05, 0) is 33.8 Å². The van der Waals surface area contributed by atoms with Crippen LogP contribution in [0, 0.1) is 0 Å². The van der Waals surface area contributed by atoms with E-state index in [1.165, 1.54) is 53.0 Å². The third-order valence-corrected chi connectivity index (χ3v) is 3.18. The van der Waals surface area contributed by atoms with Crippen LogP contribution >= 0.6 is 0 Å². The second kappa shape index (κ2) is 7.59. The first kappa shape index (κ1) is 19.9. The first-order valence-corrected chi connectivity index (χ1v) is 7.43. The highest BCUT2D eigenvalue weighted by molar-refractivity contribution is 6.07. The third kappa shape index (κ3) is 3.83. The van der Waals surface area contributed by atoms with Gasteiger partial charge in [0.05, 0.1) is 13.7 Å². The van der Waals surface area contributed by atoms with Crippen molar-refractivity contribution in [1.82, 2.24) is 0 Å². The molecule has 5 nitrogen and oxygen atoms in total. The van der Waals surface area contributed by atoms with Crippen molar-refractivity contribution in [2.45, 2.75) is 45.1 Å². The Bertz CT molecular complexity index is 595. The molecule has 0 saturated heterocycles. The molecule has 0 N–H and O–H groups in total. The minimum atomic E-state index is -3.39. The summed E-state index contributed by atoms with van der Waals surface area (Å²) in [6.07, 6.45) is -3.39. The summed E-state index contributed by atoms with van der Waals surface area (Å²) in [7, 11) is 1.26. The largest absolute Gasteiger partial charge is 0.496 e. The second-order valence-corrected chi connectivity index (χ2v) is 6.03. The summed E-state index contributed by atoms with van der Waals surface area (Å²) < 4.78 is 43.2. The van der Waals surface area contributed by atoms with Crippen LogP contribution < -0.4 is 4.74 Å². The summed E-state index contributed by atoms with van der Waals surface area (Å²) in [5.41, 5.74) is -4.28. The molecule has 0 saturated carbocycles. The SMILES string of the molecule is CCOC(=O)C(C(=O)OC(C)(C)C)(c1ccccc1OC)C(F)F. The third-order valence-electron chi connectivity index (χ3n) is 3.18. The van der Waals surface area contributed by atoms with Crippen molar-refractivity contribution in [3.8, 4) is 5.75 Å². The highest BCUT2D eigenvalue weighted by Gasteiger charge is 2.60. The quantitative estimate of drug-likeness (QED) is 0.586. The van der Waals surface area contributed by atoms with E-state index in [1.54, 1.807) is 6.07 Å². The lowest BCUT2D eigenvalue weighted by Crippen LogP contribution is -2.53. The predicted octanol–water partition coefficient (Wildman–Crippen LogP) is 3.10. The summed E-state index contributed by atoms with van der Waals surface area (Å²) in [6, 6.07) is 5.58. The van der Waals surface area contributed by atoms with E-state index in [0.29, 0.717) is 0 Å². The number of hydrogen-bond acceptors (Lipinski definition) is 5. The van der Waals surface area contributed by atoms with E-state index in [9.17, 15) is 18.4 Å². The summed E-state index contributed by atoms with van der Waals surface area (Å²) in [5, 5.41) is 0. The summed E-state index contributed by atoms with van der Waals surface area (Å²) >= 11 is 0. The first-order chi connectivity index (χ1) is 11.1. The molecule has 1 aromatic carbocycles. The average molecular weight is 344 g/mol. The molecule has 0 heterocycles. The molecular weight excluding hydrogens is 322 g/mol. The van der Waals surface area contributed by atoms with Crippen molar-refractivity contribution in [3.63, 3.8) is 0 Å². The Morgan fingerprint density at radius 1 is 1.12 bits per heavy atom. The van der Waals surface area contributed by atoms with E-state index in [1.807, 2.05) is 0 Å². The number of rotatable bonds is 6. The molecule has 0 aliphatic rings. The van der Waals surface area contributed by atoms with E-state index in [4.69, 9.17) is 14.2 Å². The number of para-hydroxylation sites is 1. The van der Waals surface area contributed by atoms with Crippen molar-refractivity contribution in [1.29, 1.82) is 0 Å². The van der Waals surface area contributed by atoms with Crippen LogP contribution in [-0.4, -0.2) is 37.7 Å². The van der Waals surface area contributed by atoms with Crippen LogP contribution in [0.15, 0.2) is 24.3 Å². The van der Waals surface area contributed by atoms with Crippen LogP contribution in [0.5, 0.6) is 5.75 Å². The number of benzene rings is 1. The fourth-order valence-electron chi connectivity index (χ4n) is 2.17. The Kier molecular flexibility index (Phi) is 6.29. The van der Waals surface area contributed by atoms with Gasteiger partial charge in [0.2, 0.25) is 0 Å². The van der Waals surface area contributed by atoms with Crippen molar-refractivity contribution >= 4 is 11.9 Å². The van der Waals surface area contributed by atoms with Gasteiger partial charge >= 0.3 is 11.9 Å². The van der Waals surface area contributed by atoms with Gasteiger partial charge in [0.25, 0.3) is 11.8 Å². The molecule has 1 atom stereocenters. The van der Waals surface area contributed by atoms with Crippen LogP contribution in [0.3, 0.4) is 0 Å². The maximum Gasteiger partial charge on any atom is 0.334 e. The summed E-state index contributed by atoms with van der Waals surface area (Å²) in [5.74, 6) is -2.79.